The van der Waals surface area contributed by atoms with Crippen molar-refractivity contribution in [3.8, 4) is 0 Å². The highest BCUT2D eigenvalue weighted by Gasteiger charge is 2.15. The van der Waals surface area contributed by atoms with Gasteiger partial charge >= 0.3 is 6.09 Å². The van der Waals surface area contributed by atoms with Crippen LogP contribution in [-0.2, 0) is 4.74 Å². The molecule has 4 heteroatoms. The Hall–Kier alpha value is -1.81. The topological polar surface area (TPSA) is 38.3 Å². The van der Waals surface area contributed by atoms with Gasteiger partial charge in [-0.1, -0.05) is 30.4 Å². The minimum Gasteiger partial charge on any atom is -0.444 e. The predicted octanol–water partition coefficient (Wildman–Crippen LogP) is 4.83. The van der Waals surface area contributed by atoms with E-state index in [1.165, 1.54) is 15.6 Å². The monoisotopic (exact) mass is 303 g/mol. The molecule has 1 amide bonds. The van der Waals surface area contributed by atoms with Crippen LogP contribution < -0.4 is 5.32 Å². The Labute approximate surface area is 129 Å². The molecule has 0 aliphatic rings. The van der Waals surface area contributed by atoms with E-state index in [0.717, 1.165) is 6.42 Å². The molecular formula is C17H21NO2S. The zero-order valence-electron chi connectivity index (χ0n) is 12.7. The number of rotatable bonds is 4. The number of carbonyl (C=O) groups excluding carboxylic acids is 1. The summed E-state index contributed by atoms with van der Waals surface area (Å²) in [6, 6.07) is 8.36. The van der Waals surface area contributed by atoms with Crippen LogP contribution in [0.2, 0.25) is 0 Å². The molecule has 1 aromatic heterocycles. The van der Waals surface area contributed by atoms with Crippen LogP contribution >= 0.6 is 11.3 Å². The Kier molecular flexibility index (Phi) is 5.02. The fourth-order valence-electron chi connectivity index (χ4n) is 1.91. The van der Waals surface area contributed by atoms with E-state index in [1.54, 1.807) is 11.3 Å². The molecule has 112 valence electrons. The van der Waals surface area contributed by atoms with E-state index in [2.05, 4.69) is 47.1 Å². The lowest BCUT2D eigenvalue weighted by Gasteiger charge is -2.19. The molecule has 1 heterocycles. The summed E-state index contributed by atoms with van der Waals surface area (Å²) in [5, 5.41) is 6.18. The van der Waals surface area contributed by atoms with Gasteiger partial charge in [-0.25, -0.2) is 4.79 Å². The number of ether oxygens (including phenoxy) is 1. The number of alkyl carbamates (subject to hydrolysis) is 1. The standard InChI is InChI=1S/C17H21NO2S/c1-17(2,3)20-16(19)18-11-7-6-8-13-12-21-15-10-5-4-9-14(13)15/h4-6,8-10,12H,7,11H2,1-3H3,(H,18,19). The fourth-order valence-corrected chi connectivity index (χ4v) is 2.84. The lowest BCUT2D eigenvalue weighted by atomic mass is 10.1. The third-order valence-electron chi connectivity index (χ3n) is 2.79. The van der Waals surface area contributed by atoms with Crippen molar-refractivity contribution in [2.45, 2.75) is 32.8 Å². The van der Waals surface area contributed by atoms with Crippen LogP contribution in [0, 0.1) is 0 Å². The Bertz CT molecular complexity index is 638. The van der Waals surface area contributed by atoms with E-state index >= 15 is 0 Å². The lowest BCUT2D eigenvalue weighted by Crippen LogP contribution is -2.32. The van der Waals surface area contributed by atoms with Gasteiger partial charge in [0.2, 0.25) is 0 Å². The zero-order valence-corrected chi connectivity index (χ0v) is 13.5. The van der Waals surface area contributed by atoms with Crippen LogP contribution in [-0.4, -0.2) is 18.2 Å². The van der Waals surface area contributed by atoms with Gasteiger partial charge in [0.1, 0.15) is 5.60 Å². The SMILES string of the molecule is CC(C)(C)OC(=O)NCCC=Cc1csc2ccccc12. The second-order valence-electron chi connectivity index (χ2n) is 5.81. The van der Waals surface area contributed by atoms with Crippen molar-refractivity contribution in [1.82, 2.24) is 5.32 Å². The average molecular weight is 303 g/mol. The van der Waals surface area contributed by atoms with E-state index in [4.69, 9.17) is 4.74 Å². The Morgan fingerprint density at radius 2 is 2.10 bits per heavy atom. The first-order valence-electron chi connectivity index (χ1n) is 7.05. The highest BCUT2D eigenvalue weighted by atomic mass is 32.1. The van der Waals surface area contributed by atoms with Gasteiger partial charge in [-0.05, 0) is 49.6 Å². The third kappa shape index (κ3) is 4.90. The Morgan fingerprint density at radius 1 is 1.33 bits per heavy atom. The summed E-state index contributed by atoms with van der Waals surface area (Å²) in [6.07, 6.45) is 4.60. The van der Waals surface area contributed by atoms with Crippen LogP contribution in [0.25, 0.3) is 16.2 Å². The predicted molar refractivity (Wildman–Crippen MR) is 89.7 cm³/mol. The highest BCUT2D eigenvalue weighted by molar-refractivity contribution is 7.17. The second-order valence-corrected chi connectivity index (χ2v) is 6.72. The number of thiophene rings is 1. The summed E-state index contributed by atoms with van der Waals surface area (Å²) < 4.78 is 6.47. The Balaban J connectivity index is 1.80. The van der Waals surface area contributed by atoms with Gasteiger partial charge in [0.15, 0.2) is 0 Å². The van der Waals surface area contributed by atoms with Gasteiger partial charge in [-0.2, -0.15) is 0 Å². The zero-order chi connectivity index (χ0) is 15.3. The smallest absolute Gasteiger partial charge is 0.407 e. The van der Waals surface area contributed by atoms with Gasteiger partial charge in [-0.3, -0.25) is 0 Å². The van der Waals surface area contributed by atoms with Crippen molar-refractivity contribution in [1.29, 1.82) is 0 Å². The van der Waals surface area contributed by atoms with Gasteiger partial charge in [-0.15, -0.1) is 11.3 Å². The van der Waals surface area contributed by atoms with Gasteiger partial charge in [0.05, 0.1) is 0 Å². The summed E-state index contributed by atoms with van der Waals surface area (Å²) in [6.45, 7) is 6.14. The molecule has 0 aliphatic carbocycles. The first kappa shape index (κ1) is 15.6. The number of hydrogen-bond acceptors (Lipinski definition) is 3. The minimum absolute atomic E-state index is 0.364. The van der Waals surface area contributed by atoms with Crippen LogP contribution in [0.1, 0.15) is 32.8 Å². The maximum absolute atomic E-state index is 11.5. The largest absolute Gasteiger partial charge is 0.444 e. The maximum Gasteiger partial charge on any atom is 0.407 e. The molecule has 2 aromatic rings. The molecule has 0 radical (unpaired) electrons. The van der Waals surface area contributed by atoms with Crippen molar-refractivity contribution in [2.24, 2.45) is 0 Å². The molecule has 0 saturated carbocycles. The molecule has 0 spiro atoms. The molecule has 0 bridgehead atoms. The molecule has 0 fully saturated rings. The molecule has 2 rings (SSSR count). The first-order valence-corrected chi connectivity index (χ1v) is 7.93. The van der Waals surface area contributed by atoms with Gasteiger partial charge in [0, 0.05) is 11.2 Å². The number of carbonyl (C=O) groups is 1. The quantitative estimate of drug-likeness (QED) is 0.822. The van der Waals surface area contributed by atoms with E-state index in [1.807, 2.05) is 20.8 Å². The lowest BCUT2D eigenvalue weighted by molar-refractivity contribution is 0.0529. The molecule has 0 unspecified atom stereocenters. The van der Waals surface area contributed by atoms with Crippen LogP contribution in [0.3, 0.4) is 0 Å². The number of benzene rings is 1. The molecular weight excluding hydrogens is 282 g/mol. The molecule has 3 nitrogen and oxygen atoms in total. The summed E-state index contributed by atoms with van der Waals surface area (Å²) in [5.74, 6) is 0. The van der Waals surface area contributed by atoms with Gasteiger partial charge in [0.25, 0.3) is 0 Å². The summed E-state index contributed by atoms with van der Waals surface area (Å²) in [7, 11) is 0. The summed E-state index contributed by atoms with van der Waals surface area (Å²) >= 11 is 1.75. The van der Waals surface area contributed by atoms with Gasteiger partial charge < -0.3 is 10.1 Å². The summed E-state index contributed by atoms with van der Waals surface area (Å²) in [5.41, 5.74) is 0.781. The van der Waals surface area contributed by atoms with Crippen molar-refractivity contribution < 1.29 is 9.53 Å². The fraction of sp³-hybridized carbons (Fsp3) is 0.353. The Morgan fingerprint density at radius 3 is 2.86 bits per heavy atom. The molecule has 0 aliphatic heterocycles. The van der Waals surface area contributed by atoms with E-state index in [-0.39, 0.29) is 6.09 Å². The summed E-state index contributed by atoms with van der Waals surface area (Å²) in [4.78, 5) is 11.5. The maximum atomic E-state index is 11.5. The number of nitrogens with one attached hydrogen (secondary N) is 1. The first-order chi connectivity index (χ1) is 9.96. The molecule has 1 N–H and O–H groups in total. The molecule has 1 aromatic carbocycles. The van der Waals surface area contributed by atoms with E-state index in [0.29, 0.717) is 6.54 Å². The van der Waals surface area contributed by atoms with Crippen molar-refractivity contribution in [2.75, 3.05) is 6.54 Å². The molecule has 0 saturated heterocycles. The average Bonchev–Trinajstić information content (AvgIpc) is 2.80. The van der Waals surface area contributed by atoms with E-state index in [9.17, 15) is 4.79 Å². The van der Waals surface area contributed by atoms with Crippen LogP contribution in [0.4, 0.5) is 4.79 Å². The normalized spacial score (nSPS) is 12.0. The van der Waals surface area contributed by atoms with Crippen molar-refractivity contribution in [3.05, 3.63) is 41.3 Å². The minimum atomic E-state index is -0.449. The number of amides is 1. The van der Waals surface area contributed by atoms with E-state index < -0.39 is 5.60 Å². The molecule has 21 heavy (non-hydrogen) atoms. The third-order valence-corrected chi connectivity index (χ3v) is 3.77. The number of fused-ring (bicyclic) bond motifs is 1. The number of hydrogen-bond donors (Lipinski definition) is 1. The van der Waals surface area contributed by atoms with Crippen molar-refractivity contribution >= 4 is 33.6 Å². The van der Waals surface area contributed by atoms with Crippen LogP contribution in [0.5, 0.6) is 0 Å². The van der Waals surface area contributed by atoms with Crippen molar-refractivity contribution in [3.63, 3.8) is 0 Å². The second kappa shape index (κ2) is 6.76. The van der Waals surface area contributed by atoms with Crippen LogP contribution in [0.15, 0.2) is 35.7 Å². The highest BCUT2D eigenvalue weighted by Crippen LogP contribution is 2.26. The molecule has 0 atom stereocenters.